The van der Waals surface area contributed by atoms with Crippen molar-refractivity contribution in [2.45, 2.75) is 6.92 Å². The Labute approximate surface area is 108 Å². The largest absolute Gasteiger partial charge is 0.295 e. The molecule has 0 spiro atoms. The number of nitriles is 1. The molecule has 3 aromatic rings. The molecule has 1 N–H and O–H groups in total. The van der Waals surface area contributed by atoms with E-state index in [0.29, 0.717) is 22.5 Å². The number of aromatic amines is 1. The lowest BCUT2D eigenvalue weighted by Crippen LogP contribution is -2.19. The van der Waals surface area contributed by atoms with Crippen molar-refractivity contribution in [1.82, 2.24) is 14.6 Å². The van der Waals surface area contributed by atoms with Crippen LogP contribution in [0.15, 0.2) is 41.3 Å². The predicted octanol–water partition coefficient (Wildman–Crippen LogP) is 1.87. The maximum atomic E-state index is 12.5. The minimum absolute atomic E-state index is 0.199. The Balaban J connectivity index is 2.40. The summed E-state index contributed by atoms with van der Waals surface area (Å²) in [5.74, 6) is 0. The van der Waals surface area contributed by atoms with Crippen molar-refractivity contribution in [3.8, 4) is 17.2 Å². The Hall–Kier alpha value is -2.87. The molecule has 0 radical (unpaired) electrons. The minimum Gasteiger partial charge on any atom is -0.295 e. The summed E-state index contributed by atoms with van der Waals surface area (Å²) >= 11 is 0. The topological polar surface area (TPSA) is 73.9 Å². The Morgan fingerprint density at radius 1 is 1.32 bits per heavy atom. The van der Waals surface area contributed by atoms with Gasteiger partial charge in [0, 0.05) is 6.20 Å². The molecule has 19 heavy (non-hydrogen) atoms. The first-order valence-corrected chi connectivity index (χ1v) is 5.78. The van der Waals surface area contributed by atoms with Gasteiger partial charge in [0.25, 0.3) is 5.56 Å². The van der Waals surface area contributed by atoms with Gasteiger partial charge in [-0.2, -0.15) is 9.78 Å². The van der Waals surface area contributed by atoms with Crippen molar-refractivity contribution in [1.29, 1.82) is 5.26 Å². The standard InChI is InChI=1S/C14H10N4O/c1-9-12(10-5-3-2-4-6-10)14(19)18-13(17-9)11(7-15)8-16-18/h2-6,8,16H,1H3. The van der Waals surface area contributed by atoms with Crippen LogP contribution in [0.4, 0.5) is 0 Å². The molecule has 0 unspecified atom stereocenters. The second-order valence-electron chi connectivity index (χ2n) is 4.20. The van der Waals surface area contributed by atoms with E-state index < -0.39 is 0 Å². The molecule has 1 aromatic carbocycles. The molecule has 5 heteroatoms. The summed E-state index contributed by atoms with van der Waals surface area (Å²) in [7, 11) is 0. The van der Waals surface area contributed by atoms with Crippen LogP contribution in [-0.2, 0) is 0 Å². The third-order valence-electron chi connectivity index (χ3n) is 3.03. The lowest BCUT2D eigenvalue weighted by atomic mass is 10.1. The van der Waals surface area contributed by atoms with Crippen LogP contribution in [0.1, 0.15) is 11.3 Å². The van der Waals surface area contributed by atoms with E-state index in [1.54, 1.807) is 6.92 Å². The minimum atomic E-state index is -0.199. The smallest absolute Gasteiger partial charge is 0.280 e. The number of rotatable bonds is 1. The predicted molar refractivity (Wildman–Crippen MR) is 70.7 cm³/mol. The molecule has 5 nitrogen and oxygen atoms in total. The van der Waals surface area contributed by atoms with Crippen LogP contribution in [0.2, 0.25) is 0 Å². The summed E-state index contributed by atoms with van der Waals surface area (Å²) in [4.78, 5) is 16.8. The highest BCUT2D eigenvalue weighted by molar-refractivity contribution is 5.67. The van der Waals surface area contributed by atoms with Gasteiger partial charge in [0.15, 0.2) is 5.65 Å². The third-order valence-corrected chi connectivity index (χ3v) is 3.03. The molecular weight excluding hydrogens is 240 g/mol. The molecule has 2 heterocycles. The fraction of sp³-hybridized carbons (Fsp3) is 0.0714. The molecule has 0 aliphatic carbocycles. The molecule has 92 valence electrons. The van der Waals surface area contributed by atoms with Crippen LogP contribution in [0.5, 0.6) is 0 Å². The number of aryl methyl sites for hydroxylation is 1. The molecule has 0 saturated heterocycles. The van der Waals surface area contributed by atoms with Crippen LogP contribution < -0.4 is 5.56 Å². The van der Waals surface area contributed by atoms with Crippen LogP contribution >= 0.6 is 0 Å². The number of fused-ring (bicyclic) bond motifs is 1. The van der Waals surface area contributed by atoms with Crippen LogP contribution in [0.25, 0.3) is 16.8 Å². The molecule has 0 aliphatic rings. The fourth-order valence-electron chi connectivity index (χ4n) is 2.14. The van der Waals surface area contributed by atoms with E-state index in [2.05, 4.69) is 10.1 Å². The summed E-state index contributed by atoms with van der Waals surface area (Å²) in [6.45, 7) is 1.78. The average Bonchev–Trinajstić information content (AvgIpc) is 2.83. The van der Waals surface area contributed by atoms with Gasteiger partial charge in [-0.05, 0) is 12.5 Å². The average molecular weight is 250 g/mol. The zero-order valence-corrected chi connectivity index (χ0v) is 10.2. The number of nitrogens with one attached hydrogen (secondary N) is 1. The maximum Gasteiger partial charge on any atom is 0.280 e. The number of aromatic nitrogens is 3. The summed E-state index contributed by atoms with van der Waals surface area (Å²) in [5, 5.41) is 11.7. The zero-order valence-electron chi connectivity index (χ0n) is 10.2. The maximum absolute atomic E-state index is 12.5. The second-order valence-corrected chi connectivity index (χ2v) is 4.20. The van der Waals surface area contributed by atoms with Crippen LogP contribution in [0.3, 0.4) is 0 Å². The normalized spacial score (nSPS) is 10.5. The third kappa shape index (κ3) is 1.62. The van der Waals surface area contributed by atoms with Gasteiger partial charge in [-0.3, -0.25) is 9.89 Å². The van der Waals surface area contributed by atoms with E-state index >= 15 is 0 Å². The lowest BCUT2D eigenvalue weighted by Gasteiger charge is -2.05. The summed E-state index contributed by atoms with van der Waals surface area (Å²) in [6.07, 6.45) is 1.48. The Morgan fingerprint density at radius 2 is 2.05 bits per heavy atom. The van der Waals surface area contributed by atoms with Gasteiger partial charge in [-0.25, -0.2) is 4.98 Å². The van der Waals surface area contributed by atoms with E-state index in [-0.39, 0.29) is 5.56 Å². The number of nitrogens with zero attached hydrogens (tertiary/aromatic N) is 3. The van der Waals surface area contributed by atoms with Gasteiger partial charge >= 0.3 is 0 Å². The van der Waals surface area contributed by atoms with Gasteiger partial charge in [-0.1, -0.05) is 30.3 Å². The monoisotopic (exact) mass is 250 g/mol. The van der Waals surface area contributed by atoms with Gasteiger partial charge in [-0.15, -0.1) is 0 Å². The van der Waals surface area contributed by atoms with Crippen molar-refractivity contribution in [3.05, 3.63) is 58.1 Å². The first-order valence-electron chi connectivity index (χ1n) is 5.78. The lowest BCUT2D eigenvalue weighted by molar-refractivity contribution is 0.893. The Kier molecular flexibility index (Phi) is 2.43. The van der Waals surface area contributed by atoms with Crippen LogP contribution in [0, 0.1) is 18.3 Å². The van der Waals surface area contributed by atoms with Crippen molar-refractivity contribution in [3.63, 3.8) is 0 Å². The highest BCUT2D eigenvalue weighted by atomic mass is 16.1. The summed E-state index contributed by atoms with van der Waals surface area (Å²) < 4.78 is 1.30. The number of benzene rings is 1. The SMILES string of the molecule is Cc1nc2c(C#N)c[nH]n2c(=O)c1-c1ccccc1. The van der Waals surface area contributed by atoms with Crippen molar-refractivity contribution < 1.29 is 0 Å². The Morgan fingerprint density at radius 3 is 2.74 bits per heavy atom. The van der Waals surface area contributed by atoms with E-state index in [1.165, 1.54) is 10.7 Å². The first-order chi connectivity index (χ1) is 9.22. The molecule has 0 aliphatic heterocycles. The molecule has 3 rings (SSSR count). The Bertz CT molecular complexity index is 853. The molecule has 0 amide bonds. The molecule has 2 aromatic heterocycles. The van der Waals surface area contributed by atoms with Crippen LogP contribution in [-0.4, -0.2) is 14.6 Å². The van der Waals surface area contributed by atoms with E-state index in [9.17, 15) is 4.79 Å². The van der Waals surface area contributed by atoms with E-state index in [1.807, 2.05) is 36.4 Å². The van der Waals surface area contributed by atoms with Crippen molar-refractivity contribution in [2.24, 2.45) is 0 Å². The van der Waals surface area contributed by atoms with Gasteiger partial charge in [0.1, 0.15) is 11.6 Å². The van der Waals surface area contributed by atoms with Gasteiger partial charge in [0.05, 0.1) is 11.3 Å². The zero-order chi connectivity index (χ0) is 13.4. The van der Waals surface area contributed by atoms with Crippen molar-refractivity contribution >= 4 is 5.65 Å². The highest BCUT2D eigenvalue weighted by Gasteiger charge is 2.14. The second kappa shape index (κ2) is 4.10. The van der Waals surface area contributed by atoms with Crippen molar-refractivity contribution in [2.75, 3.05) is 0 Å². The number of H-pyrrole nitrogens is 1. The quantitative estimate of drug-likeness (QED) is 0.716. The van der Waals surface area contributed by atoms with Gasteiger partial charge in [0.2, 0.25) is 0 Å². The molecule has 0 fully saturated rings. The molecule has 0 saturated carbocycles. The summed E-state index contributed by atoms with van der Waals surface area (Å²) in [5.41, 5.74) is 2.51. The number of hydrogen-bond acceptors (Lipinski definition) is 3. The first kappa shape index (κ1) is 11.2. The molecular formula is C14H10N4O. The fourth-order valence-corrected chi connectivity index (χ4v) is 2.14. The molecule has 0 bridgehead atoms. The van der Waals surface area contributed by atoms with E-state index in [0.717, 1.165) is 5.56 Å². The number of hydrogen-bond donors (Lipinski definition) is 1. The summed E-state index contributed by atoms with van der Waals surface area (Å²) in [6, 6.07) is 11.4. The highest BCUT2D eigenvalue weighted by Crippen LogP contribution is 2.19. The van der Waals surface area contributed by atoms with E-state index in [4.69, 9.17) is 5.26 Å². The molecule has 0 atom stereocenters. The van der Waals surface area contributed by atoms with Gasteiger partial charge < -0.3 is 0 Å².